The highest BCUT2D eigenvalue weighted by molar-refractivity contribution is 7.89. The van der Waals surface area contributed by atoms with Gasteiger partial charge in [-0.25, -0.2) is 13.4 Å². The summed E-state index contributed by atoms with van der Waals surface area (Å²) in [5.74, 6) is 0.0442. The Hall–Kier alpha value is -3.57. The number of hydrogen-bond donors (Lipinski definition) is 1. The first-order valence-corrected chi connectivity index (χ1v) is 14.3. The van der Waals surface area contributed by atoms with Crippen molar-refractivity contribution >= 4 is 54.9 Å². The zero-order chi connectivity index (χ0) is 27.0. The number of benzene rings is 3. The fourth-order valence-corrected chi connectivity index (χ4v) is 6.43. The summed E-state index contributed by atoms with van der Waals surface area (Å²) in [5, 5.41) is 8.55. The van der Waals surface area contributed by atoms with E-state index in [1.807, 2.05) is 56.3 Å². The Morgan fingerprint density at radius 1 is 1.05 bits per heavy atom. The van der Waals surface area contributed by atoms with Gasteiger partial charge in [-0.1, -0.05) is 59.3 Å². The Labute approximate surface area is 229 Å². The van der Waals surface area contributed by atoms with E-state index in [0.29, 0.717) is 27.2 Å². The Morgan fingerprint density at radius 3 is 2.45 bits per heavy atom. The van der Waals surface area contributed by atoms with Gasteiger partial charge in [0.15, 0.2) is 0 Å². The minimum Gasteiger partial charge on any atom is -0.306 e. The van der Waals surface area contributed by atoms with Crippen LogP contribution in [-0.2, 0) is 16.6 Å². The Bertz CT molecular complexity index is 1710. The standard InChI is InChI=1S/C27H24ClN5O3S2/c1-17-9-14-22(28)25-24(17)30-27(37-25)33-23(15-18(2)31-33)29-26(34)20-10-12-21(13-11-20)38(35,36)32(3)16-19-7-5-4-6-8-19/h4-15H,16H2,1-3H3,(H,29,34). The minimum absolute atomic E-state index is 0.107. The van der Waals surface area contributed by atoms with Crippen molar-refractivity contribution in [1.29, 1.82) is 0 Å². The number of rotatable bonds is 7. The van der Waals surface area contributed by atoms with Crippen LogP contribution in [0.2, 0.25) is 5.02 Å². The van der Waals surface area contributed by atoms with Crippen LogP contribution in [0.1, 0.15) is 27.2 Å². The van der Waals surface area contributed by atoms with E-state index in [-0.39, 0.29) is 11.4 Å². The van der Waals surface area contributed by atoms with Gasteiger partial charge in [-0.3, -0.25) is 4.79 Å². The van der Waals surface area contributed by atoms with Crippen LogP contribution in [0.25, 0.3) is 15.3 Å². The van der Waals surface area contributed by atoms with Crippen molar-refractivity contribution in [3.05, 3.63) is 100 Å². The molecule has 3 aromatic carbocycles. The lowest BCUT2D eigenvalue weighted by Gasteiger charge is -2.17. The van der Waals surface area contributed by atoms with Crippen LogP contribution in [0.5, 0.6) is 0 Å². The summed E-state index contributed by atoms with van der Waals surface area (Å²) < 4.78 is 29.8. The van der Waals surface area contributed by atoms with Crippen LogP contribution in [-0.4, -0.2) is 40.4 Å². The second kappa shape index (κ2) is 10.3. The van der Waals surface area contributed by atoms with E-state index in [2.05, 4.69) is 10.4 Å². The van der Waals surface area contributed by atoms with Crippen LogP contribution >= 0.6 is 22.9 Å². The van der Waals surface area contributed by atoms with Crippen molar-refractivity contribution in [2.24, 2.45) is 0 Å². The SMILES string of the molecule is Cc1cc(NC(=O)c2ccc(S(=O)(=O)N(C)Cc3ccccc3)cc2)n(-c2nc3c(C)ccc(Cl)c3s2)n1. The lowest BCUT2D eigenvalue weighted by atomic mass is 10.2. The number of aromatic nitrogens is 3. The average molecular weight is 566 g/mol. The molecule has 8 nitrogen and oxygen atoms in total. The van der Waals surface area contributed by atoms with Crippen LogP contribution < -0.4 is 5.32 Å². The molecule has 0 spiro atoms. The molecule has 0 saturated carbocycles. The molecule has 0 bridgehead atoms. The molecule has 0 atom stereocenters. The van der Waals surface area contributed by atoms with Gasteiger partial charge in [0.25, 0.3) is 5.91 Å². The third kappa shape index (κ3) is 5.08. The maximum atomic E-state index is 13.1. The Kier molecular flexibility index (Phi) is 7.06. The van der Waals surface area contributed by atoms with Crippen molar-refractivity contribution in [3.8, 4) is 5.13 Å². The molecule has 2 heterocycles. The van der Waals surface area contributed by atoms with Crippen molar-refractivity contribution in [1.82, 2.24) is 19.1 Å². The van der Waals surface area contributed by atoms with Gasteiger partial charge in [0.2, 0.25) is 15.2 Å². The molecule has 38 heavy (non-hydrogen) atoms. The molecular weight excluding hydrogens is 542 g/mol. The topological polar surface area (TPSA) is 97.2 Å². The molecule has 194 valence electrons. The molecule has 0 saturated heterocycles. The number of amides is 1. The van der Waals surface area contributed by atoms with Crippen molar-refractivity contribution in [3.63, 3.8) is 0 Å². The third-order valence-electron chi connectivity index (χ3n) is 6.01. The number of anilines is 1. The van der Waals surface area contributed by atoms with Crippen molar-refractivity contribution in [2.45, 2.75) is 25.3 Å². The predicted octanol–water partition coefficient (Wildman–Crippen LogP) is 5.83. The highest BCUT2D eigenvalue weighted by Crippen LogP contribution is 2.34. The summed E-state index contributed by atoms with van der Waals surface area (Å²) in [4.78, 5) is 17.9. The average Bonchev–Trinajstić information content (AvgIpc) is 3.51. The van der Waals surface area contributed by atoms with Gasteiger partial charge in [0, 0.05) is 25.2 Å². The molecule has 0 aliphatic carbocycles. The highest BCUT2D eigenvalue weighted by atomic mass is 35.5. The summed E-state index contributed by atoms with van der Waals surface area (Å²) in [6.45, 7) is 4.02. The number of nitrogens with zero attached hydrogens (tertiary/aromatic N) is 4. The van der Waals surface area contributed by atoms with Gasteiger partial charge in [0.1, 0.15) is 5.82 Å². The van der Waals surface area contributed by atoms with Crippen LogP contribution in [0.4, 0.5) is 5.82 Å². The van der Waals surface area contributed by atoms with E-state index in [1.54, 1.807) is 10.7 Å². The molecule has 1 amide bonds. The number of thiazole rings is 1. The van der Waals surface area contributed by atoms with Crippen molar-refractivity contribution < 1.29 is 13.2 Å². The number of hydrogen-bond acceptors (Lipinski definition) is 6. The van der Waals surface area contributed by atoms with E-state index >= 15 is 0 Å². The lowest BCUT2D eigenvalue weighted by molar-refractivity contribution is 0.102. The highest BCUT2D eigenvalue weighted by Gasteiger charge is 2.22. The molecule has 1 N–H and O–H groups in total. The monoisotopic (exact) mass is 565 g/mol. The fourth-order valence-electron chi connectivity index (χ4n) is 3.99. The van der Waals surface area contributed by atoms with E-state index in [9.17, 15) is 13.2 Å². The van der Waals surface area contributed by atoms with Crippen molar-refractivity contribution in [2.75, 3.05) is 12.4 Å². The van der Waals surface area contributed by atoms with Gasteiger partial charge in [-0.2, -0.15) is 14.1 Å². The smallest absolute Gasteiger partial charge is 0.256 e. The maximum Gasteiger partial charge on any atom is 0.256 e. The number of carbonyl (C=O) groups excluding carboxylic acids is 1. The Morgan fingerprint density at radius 2 is 1.76 bits per heavy atom. The van der Waals surface area contributed by atoms with E-state index in [4.69, 9.17) is 16.6 Å². The molecule has 2 aromatic heterocycles. The zero-order valence-electron chi connectivity index (χ0n) is 20.8. The zero-order valence-corrected chi connectivity index (χ0v) is 23.2. The molecule has 5 aromatic rings. The molecular formula is C27H24ClN5O3S2. The van der Waals surface area contributed by atoms with Gasteiger partial charge in [-0.15, -0.1) is 0 Å². The van der Waals surface area contributed by atoms with Crippen LogP contribution in [0.15, 0.2) is 77.7 Å². The third-order valence-corrected chi connectivity index (χ3v) is 9.32. The summed E-state index contributed by atoms with van der Waals surface area (Å²) in [7, 11) is -2.20. The molecule has 0 unspecified atom stereocenters. The minimum atomic E-state index is -3.73. The quantitative estimate of drug-likeness (QED) is 0.268. The van der Waals surface area contributed by atoms with Gasteiger partial charge < -0.3 is 5.32 Å². The summed E-state index contributed by atoms with van der Waals surface area (Å²) in [5.41, 5.74) is 3.67. The molecule has 0 aliphatic heterocycles. The second-order valence-electron chi connectivity index (χ2n) is 8.85. The van der Waals surface area contributed by atoms with Gasteiger partial charge in [0.05, 0.1) is 25.8 Å². The number of nitrogens with one attached hydrogen (secondary N) is 1. The van der Waals surface area contributed by atoms with Crippen LogP contribution in [0.3, 0.4) is 0 Å². The first kappa shape index (κ1) is 26.1. The largest absolute Gasteiger partial charge is 0.306 e. The molecule has 5 rings (SSSR count). The predicted molar refractivity (Wildman–Crippen MR) is 151 cm³/mol. The number of sulfonamides is 1. The van der Waals surface area contributed by atoms with Gasteiger partial charge in [-0.05, 0) is 55.3 Å². The first-order chi connectivity index (χ1) is 18.1. The van der Waals surface area contributed by atoms with Gasteiger partial charge >= 0.3 is 0 Å². The van der Waals surface area contributed by atoms with E-state index < -0.39 is 15.9 Å². The normalized spacial score (nSPS) is 11.8. The first-order valence-electron chi connectivity index (χ1n) is 11.7. The Balaban J connectivity index is 1.36. The fraction of sp³-hybridized carbons (Fsp3) is 0.148. The number of carbonyl (C=O) groups is 1. The number of halogens is 1. The number of aryl methyl sites for hydroxylation is 2. The van der Waals surface area contributed by atoms with E-state index in [1.165, 1.54) is 47.0 Å². The van der Waals surface area contributed by atoms with Crippen LogP contribution in [0, 0.1) is 13.8 Å². The lowest BCUT2D eigenvalue weighted by Crippen LogP contribution is -2.26. The molecule has 0 aliphatic rings. The summed E-state index contributed by atoms with van der Waals surface area (Å²) in [6, 6.07) is 20.7. The summed E-state index contributed by atoms with van der Waals surface area (Å²) >= 11 is 7.75. The van der Waals surface area contributed by atoms with E-state index in [0.717, 1.165) is 21.3 Å². The molecule has 11 heteroatoms. The second-order valence-corrected chi connectivity index (χ2v) is 12.3. The maximum absolute atomic E-state index is 13.1. The molecule has 0 radical (unpaired) electrons. The number of fused-ring (bicyclic) bond motifs is 1. The molecule has 0 fully saturated rings. The summed E-state index contributed by atoms with van der Waals surface area (Å²) in [6.07, 6.45) is 0.